The highest BCUT2D eigenvalue weighted by atomic mass is 19.1. The van der Waals surface area contributed by atoms with Gasteiger partial charge in [0, 0.05) is 34.7 Å². The van der Waals surface area contributed by atoms with Crippen molar-refractivity contribution in [1.29, 1.82) is 0 Å². The van der Waals surface area contributed by atoms with Crippen LogP contribution in [0.3, 0.4) is 0 Å². The minimum absolute atomic E-state index is 0.0212. The minimum Gasteiger partial charge on any atom is -0.356 e. The third-order valence-electron chi connectivity index (χ3n) is 4.91. The lowest BCUT2D eigenvalue weighted by Gasteiger charge is -2.36. The van der Waals surface area contributed by atoms with Gasteiger partial charge in [0.1, 0.15) is 11.9 Å². The van der Waals surface area contributed by atoms with E-state index >= 15 is 0 Å². The Kier molecular flexibility index (Phi) is 4.15. The van der Waals surface area contributed by atoms with Gasteiger partial charge in [0.25, 0.3) is 0 Å². The highest BCUT2D eigenvalue weighted by Crippen LogP contribution is 2.39. The third-order valence-corrected chi connectivity index (χ3v) is 4.91. The second kappa shape index (κ2) is 6.48. The average molecular weight is 351 g/mol. The van der Waals surface area contributed by atoms with Crippen LogP contribution in [-0.4, -0.2) is 28.5 Å². The Bertz CT molecular complexity index is 963. The van der Waals surface area contributed by atoms with E-state index in [0.717, 1.165) is 23.0 Å². The predicted molar refractivity (Wildman–Crippen MR) is 101 cm³/mol. The summed E-state index contributed by atoms with van der Waals surface area (Å²) in [6, 6.07) is 14.2. The number of rotatable bonds is 2. The highest BCUT2D eigenvalue weighted by Gasteiger charge is 2.35. The molecule has 0 aliphatic carbocycles. The van der Waals surface area contributed by atoms with Gasteiger partial charge in [-0.05, 0) is 38.0 Å². The van der Waals surface area contributed by atoms with E-state index < -0.39 is 6.04 Å². The van der Waals surface area contributed by atoms with Crippen LogP contribution in [0.2, 0.25) is 0 Å². The normalized spacial score (nSPS) is 16.8. The van der Waals surface area contributed by atoms with Gasteiger partial charge in [-0.2, -0.15) is 0 Å². The standard InChI is InChI=1S/C21H22FN3O/c1-13(2)23-21(26)25-12-11-15-14-7-4-6-10-18(14)24-19(15)20(25)16-8-3-5-9-17(16)22/h3-10,13,20,24H,11-12H2,1-2H3,(H,23,26)/t20-/m1/s1. The molecular formula is C21H22FN3O. The molecule has 4 nitrogen and oxygen atoms in total. The molecule has 26 heavy (non-hydrogen) atoms. The molecule has 134 valence electrons. The van der Waals surface area contributed by atoms with Crippen molar-refractivity contribution in [2.45, 2.75) is 32.4 Å². The van der Waals surface area contributed by atoms with Crippen molar-refractivity contribution in [3.05, 3.63) is 71.2 Å². The van der Waals surface area contributed by atoms with Crippen LogP contribution in [0.4, 0.5) is 9.18 Å². The molecule has 0 radical (unpaired) electrons. The van der Waals surface area contributed by atoms with Crippen molar-refractivity contribution in [1.82, 2.24) is 15.2 Å². The molecule has 3 aromatic rings. The summed E-state index contributed by atoms with van der Waals surface area (Å²) in [6.45, 7) is 4.40. The van der Waals surface area contributed by atoms with Crippen molar-refractivity contribution in [3.8, 4) is 0 Å². The number of nitrogens with zero attached hydrogens (tertiary/aromatic N) is 1. The van der Waals surface area contributed by atoms with E-state index in [1.165, 1.54) is 11.6 Å². The SMILES string of the molecule is CC(C)NC(=O)N1CCc2c([nH]c3ccccc23)[C@H]1c1ccccc1F. The van der Waals surface area contributed by atoms with Crippen LogP contribution in [0.1, 0.15) is 36.7 Å². The Hall–Kier alpha value is -2.82. The fourth-order valence-electron chi connectivity index (χ4n) is 3.81. The van der Waals surface area contributed by atoms with E-state index in [4.69, 9.17) is 0 Å². The first-order valence-electron chi connectivity index (χ1n) is 8.97. The number of nitrogens with one attached hydrogen (secondary N) is 2. The molecule has 0 spiro atoms. The molecule has 5 heteroatoms. The number of benzene rings is 2. The molecule has 2 N–H and O–H groups in total. The van der Waals surface area contributed by atoms with Gasteiger partial charge in [-0.25, -0.2) is 9.18 Å². The number of halogens is 1. The molecule has 0 unspecified atom stereocenters. The van der Waals surface area contributed by atoms with Crippen LogP contribution < -0.4 is 5.32 Å². The first-order chi connectivity index (χ1) is 12.6. The fourth-order valence-corrected chi connectivity index (χ4v) is 3.81. The minimum atomic E-state index is -0.467. The molecule has 1 aliphatic heterocycles. The lowest BCUT2D eigenvalue weighted by molar-refractivity contribution is 0.175. The average Bonchev–Trinajstić information content (AvgIpc) is 2.99. The summed E-state index contributed by atoms with van der Waals surface area (Å²) in [5.74, 6) is -0.300. The van der Waals surface area contributed by atoms with Gasteiger partial charge in [-0.15, -0.1) is 0 Å². The van der Waals surface area contributed by atoms with Gasteiger partial charge in [0.2, 0.25) is 0 Å². The second-order valence-corrected chi connectivity index (χ2v) is 7.03. The van der Waals surface area contributed by atoms with Crippen LogP contribution in [0, 0.1) is 5.82 Å². The number of hydrogen-bond donors (Lipinski definition) is 2. The predicted octanol–water partition coefficient (Wildman–Crippen LogP) is 4.37. The largest absolute Gasteiger partial charge is 0.356 e. The summed E-state index contributed by atoms with van der Waals surface area (Å²) in [7, 11) is 0. The maximum absolute atomic E-state index is 14.7. The van der Waals surface area contributed by atoms with Crippen molar-refractivity contribution >= 4 is 16.9 Å². The molecule has 2 heterocycles. The monoisotopic (exact) mass is 351 g/mol. The Balaban J connectivity index is 1.88. The number of fused-ring (bicyclic) bond motifs is 3. The quantitative estimate of drug-likeness (QED) is 0.707. The first-order valence-corrected chi connectivity index (χ1v) is 8.97. The summed E-state index contributed by atoms with van der Waals surface area (Å²) < 4.78 is 14.7. The Morgan fingerprint density at radius 3 is 2.69 bits per heavy atom. The zero-order valence-electron chi connectivity index (χ0n) is 14.9. The van der Waals surface area contributed by atoms with E-state index in [-0.39, 0.29) is 17.9 Å². The summed E-state index contributed by atoms with van der Waals surface area (Å²) in [5.41, 5.74) is 3.60. The van der Waals surface area contributed by atoms with Crippen molar-refractivity contribution in [3.63, 3.8) is 0 Å². The zero-order valence-corrected chi connectivity index (χ0v) is 14.9. The number of carbonyl (C=O) groups excluding carboxylic acids is 1. The number of aromatic nitrogens is 1. The molecule has 0 fully saturated rings. The maximum atomic E-state index is 14.7. The molecule has 1 aliphatic rings. The molecule has 1 atom stereocenters. The van der Waals surface area contributed by atoms with Crippen LogP contribution in [0.25, 0.3) is 10.9 Å². The Morgan fingerprint density at radius 1 is 1.19 bits per heavy atom. The van der Waals surface area contributed by atoms with Gasteiger partial charge in [-0.3, -0.25) is 0 Å². The van der Waals surface area contributed by atoms with E-state index in [9.17, 15) is 9.18 Å². The summed E-state index contributed by atoms with van der Waals surface area (Å²) in [4.78, 5) is 18.0. The van der Waals surface area contributed by atoms with Crippen LogP contribution >= 0.6 is 0 Å². The number of carbonyl (C=O) groups is 1. The molecule has 2 amide bonds. The Morgan fingerprint density at radius 2 is 1.92 bits per heavy atom. The first kappa shape index (κ1) is 16.6. The smallest absolute Gasteiger partial charge is 0.318 e. The number of urea groups is 1. The molecular weight excluding hydrogens is 329 g/mol. The van der Waals surface area contributed by atoms with E-state index in [1.54, 1.807) is 17.0 Å². The zero-order chi connectivity index (χ0) is 18.3. The van der Waals surface area contributed by atoms with Gasteiger partial charge < -0.3 is 15.2 Å². The lowest BCUT2D eigenvalue weighted by Crippen LogP contribution is -2.48. The van der Waals surface area contributed by atoms with Crippen molar-refractivity contribution in [2.75, 3.05) is 6.54 Å². The lowest BCUT2D eigenvalue weighted by atomic mass is 9.92. The van der Waals surface area contributed by atoms with Gasteiger partial charge >= 0.3 is 6.03 Å². The van der Waals surface area contributed by atoms with E-state index in [2.05, 4.69) is 16.4 Å². The van der Waals surface area contributed by atoms with E-state index in [1.807, 2.05) is 38.1 Å². The fraction of sp³-hybridized carbons (Fsp3) is 0.286. The van der Waals surface area contributed by atoms with E-state index in [0.29, 0.717) is 12.1 Å². The molecule has 0 bridgehead atoms. The van der Waals surface area contributed by atoms with Gasteiger partial charge in [0.05, 0.1) is 0 Å². The third kappa shape index (κ3) is 2.73. The molecule has 0 saturated carbocycles. The maximum Gasteiger partial charge on any atom is 0.318 e. The molecule has 0 saturated heterocycles. The Labute approximate surface area is 152 Å². The van der Waals surface area contributed by atoms with Crippen LogP contribution in [0.5, 0.6) is 0 Å². The van der Waals surface area contributed by atoms with Gasteiger partial charge in [0.15, 0.2) is 0 Å². The highest BCUT2D eigenvalue weighted by molar-refractivity contribution is 5.86. The number of hydrogen-bond acceptors (Lipinski definition) is 1. The van der Waals surface area contributed by atoms with Crippen molar-refractivity contribution in [2.24, 2.45) is 0 Å². The second-order valence-electron chi connectivity index (χ2n) is 7.03. The molecule has 4 rings (SSSR count). The topological polar surface area (TPSA) is 48.1 Å². The van der Waals surface area contributed by atoms with Crippen LogP contribution in [-0.2, 0) is 6.42 Å². The number of para-hydroxylation sites is 1. The number of amides is 2. The van der Waals surface area contributed by atoms with Gasteiger partial charge in [-0.1, -0.05) is 36.4 Å². The molecule has 1 aromatic heterocycles. The number of H-pyrrole nitrogens is 1. The summed E-state index contributed by atoms with van der Waals surface area (Å²) >= 11 is 0. The molecule has 2 aromatic carbocycles. The summed E-state index contributed by atoms with van der Waals surface area (Å²) in [6.07, 6.45) is 0.746. The van der Waals surface area contributed by atoms with Crippen LogP contribution in [0.15, 0.2) is 48.5 Å². The number of aromatic amines is 1. The van der Waals surface area contributed by atoms with Crippen molar-refractivity contribution < 1.29 is 9.18 Å². The summed E-state index contributed by atoms with van der Waals surface area (Å²) in [5, 5.41) is 4.09.